The average Bonchev–Trinajstić information content (AvgIpc) is 2.75. The van der Waals surface area contributed by atoms with E-state index < -0.39 is 0 Å². The van der Waals surface area contributed by atoms with Crippen LogP contribution in [0.2, 0.25) is 0 Å². The van der Waals surface area contributed by atoms with Crippen LogP contribution in [-0.2, 0) is 6.42 Å². The molecule has 1 aliphatic carbocycles. The maximum Gasteiger partial charge on any atom is 0.343 e. The van der Waals surface area contributed by atoms with Crippen LogP contribution in [0.5, 0.6) is 5.75 Å². The number of ether oxygens (including phenoxy) is 1. The molecule has 0 spiro atoms. The van der Waals surface area contributed by atoms with Crippen LogP contribution in [0.25, 0.3) is 0 Å². The molecule has 0 aromatic heterocycles. The summed E-state index contributed by atoms with van der Waals surface area (Å²) >= 11 is 0. The van der Waals surface area contributed by atoms with Crippen molar-refractivity contribution in [2.75, 3.05) is 0 Å². The van der Waals surface area contributed by atoms with Gasteiger partial charge in [-0.05, 0) is 85.3 Å². The normalized spacial score (nSPS) is 20.5. The Kier molecular flexibility index (Phi) is 7.30. The SMILES string of the molecule is CCC(C)Cc1ccc(OC(=O)c2ccc(C3CCC(CC)CC3)cc2)cc1. The summed E-state index contributed by atoms with van der Waals surface area (Å²) in [7, 11) is 0. The number of carbonyl (C=O) groups is 1. The van der Waals surface area contributed by atoms with E-state index in [0.717, 1.165) is 12.3 Å². The van der Waals surface area contributed by atoms with Gasteiger partial charge in [0.15, 0.2) is 0 Å². The Morgan fingerprint density at radius 2 is 1.61 bits per heavy atom. The highest BCUT2D eigenvalue weighted by molar-refractivity contribution is 5.91. The molecule has 1 atom stereocenters. The van der Waals surface area contributed by atoms with Crippen LogP contribution < -0.4 is 4.74 Å². The van der Waals surface area contributed by atoms with Gasteiger partial charge < -0.3 is 4.74 Å². The van der Waals surface area contributed by atoms with E-state index in [9.17, 15) is 4.79 Å². The van der Waals surface area contributed by atoms with Crippen LogP contribution in [0.4, 0.5) is 0 Å². The second-order valence-corrected chi connectivity index (χ2v) is 8.50. The molecular weight excluding hydrogens is 344 g/mol. The van der Waals surface area contributed by atoms with Gasteiger partial charge in [0.25, 0.3) is 0 Å². The monoisotopic (exact) mass is 378 g/mol. The predicted molar refractivity (Wildman–Crippen MR) is 116 cm³/mol. The van der Waals surface area contributed by atoms with E-state index in [1.54, 1.807) is 0 Å². The van der Waals surface area contributed by atoms with Crippen LogP contribution >= 0.6 is 0 Å². The molecule has 1 aliphatic rings. The number of esters is 1. The van der Waals surface area contributed by atoms with E-state index in [-0.39, 0.29) is 5.97 Å². The maximum absolute atomic E-state index is 12.5. The minimum absolute atomic E-state index is 0.282. The maximum atomic E-state index is 12.5. The molecular formula is C26H34O2. The molecule has 0 amide bonds. The lowest BCUT2D eigenvalue weighted by Crippen LogP contribution is -2.13. The van der Waals surface area contributed by atoms with Gasteiger partial charge >= 0.3 is 5.97 Å². The molecule has 3 rings (SSSR count). The molecule has 2 nitrogen and oxygen atoms in total. The second-order valence-electron chi connectivity index (χ2n) is 8.50. The number of hydrogen-bond donors (Lipinski definition) is 0. The Morgan fingerprint density at radius 3 is 2.18 bits per heavy atom. The predicted octanol–water partition coefficient (Wildman–Crippen LogP) is 7.18. The minimum atomic E-state index is -0.282. The van der Waals surface area contributed by atoms with E-state index in [0.29, 0.717) is 23.1 Å². The summed E-state index contributed by atoms with van der Waals surface area (Å²) in [5, 5.41) is 0. The third-order valence-electron chi connectivity index (χ3n) is 6.46. The molecule has 2 aromatic carbocycles. The summed E-state index contributed by atoms with van der Waals surface area (Å²) in [5.41, 5.74) is 3.27. The fraction of sp³-hybridized carbons (Fsp3) is 0.500. The number of hydrogen-bond acceptors (Lipinski definition) is 2. The molecule has 0 N–H and O–H groups in total. The van der Waals surface area contributed by atoms with Crippen molar-refractivity contribution in [1.29, 1.82) is 0 Å². The van der Waals surface area contributed by atoms with Crippen LogP contribution in [0.3, 0.4) is 0 Å². The van der Waals surface area contributed by atoms with Gasteiger partial charge in [0, 0.05) is 0 Å². The van der Waals surface area contributed by atoms with Crippen LogP contribution in [-0.4, -0.2) is 5.97 Å². The first-order valence-electron chi connectivity index (χ1n) is 11.0. The van der Waals surface area contributed by atoms with Gasteiger partial charge in [0.05, 0.1) is 5.56 Å². The van der Waals surface area contributed by atoms with Crippen molar-refractivity contribution < 1.29 is 9.53 Å². The number of rotatable bonds is 7. The highest BCUT2D eigenvalue weighted by Crippen LogP contribution is 2.36. The lowest BCUT2D eigenvalue weighted by Gasteiger charge is -2.28. The van der Waals surface area contributed by atoms with Crippen molar-refractivity contribution in [1.82, 2.24) is 0 Å². The Labute approximate surface area is 170 Å². The van der Waals surface area contributed by atoms with Crippen molar-refractivity contribution in [3.05, 3.63) is 65.2 Å². The lowest BCUT2D eigenvalue weighted by molar-refractivity contribution is 0.0734. The fourth-order valence-corrected chi connectivity index (χ4v) is 4.20. The Balaban J connectivity index is 1.56. The van der Waals surface area contributed by atoms with Crippen molar-refractivity contribution in [2.24, 2.45) is 11.8 Å². The zero-order valence-corrected chi connectivity index (χ0v) is 17.6. The van der Waals surface area contributed by atoms with E-state index in [1.165, 1.54) is 49.7 Å². The molecule has 0 saturated heterocycles. The van der Waals surface area contributed by atoms with Crippen molar-refractivity contribution in [3.8, 4) is 5.75 Å². The molecule has 0 bridgehead atoms. The summed E-state index contributed by atoms with van der Waals surface area (Å²) in [4.78, 5) is 12.5. The van der Waals surface area contributed by atoms with Gasteiger partial charge in [-0.3, -0.25) is 0 Å². The highest BCUT2D eigenvalue weighted by atomic mass is 16.5. The number of benzene rings is 2. The standard InChI is InChI=1S/C26H34O2/c1-4-19(3)18-21-8-16-25(17-9-21)28-26(27)24-14-12-23(13-15-24)22-10-6-20(5-2)7-11-22/h8-9,12-17,19-20,22H,4-7,10-11,18H2,1-3H3. The van der Waals surface area contributed by atoms with Gasteiger partial charge in [0.1, 0.15) is 5.75 Å². The van der Waals surface area contributed by atoms with Gasteiger partial charge in [-0.1, -0.05) is 57.9 Å². The summed E-state index contributed by atoms with van der Waals surface area (Å²) in [6, 6.07) is 16.0. The molecule has 28 heavy (non-hydrogen) atoms. The van der Waals surface area contributed by atoms with Gasteiger partial charge in [-0.2, -0.15) is 0 Å². The molecule has 0 aliphatic heterocycles. The number of carbonyl (C=O) groups excluding carboxylic acids is 1. The molecule has 150 valence electrons. The van der Waals surface area contributed by atoms with E-state index in [4.69, 9.17) is 4.74 Å². The van der Waals surface area contributed by atoms with Crippen molar-refractivity contribution >= 4 is 5.97 Å². The Hall–Kier alpha value is -2.09. The topological polar surface area (TPSA) is 26.3 Å². The summed E-state index contributed by atoms with van der Waals surface area (Å²) in [6.45, 7) is 6.76. The average molecular weight is 379 g/mol. The van der Waals surface area contributed by atoms with Crippen LogP contribution in [0.15, 0.2) is 48.5 Å². The van der Waals surface area contributed by atoms with Gasteiger partial charge in [0.2, 0.25) is 0 Å². The molecule has 1 unspecified atom stereocenters. The molecule has 0 radical (unpaired) electrons. The summed E-state index contributed by atoms with van der Waals surface area (Å²) in [5.74, 6) is 2.55. The zero-order valence-electron chi connectivity index (χ0n) is 17.6. The van der Waals surface area contributed by atoms with Crippen LogP contribution in [0.1, 0.15) is 86.7 Å². The third-order valence-corrected chi connectivity index (χ3v) is 6.46. The van der Waals surface area contributed by atoms with Gasteiger partial charge in [-0.15, -0.1) is 0 Å². The Morgan fingerprint density at radius 1 is 0.964 bits per heavy atom. The van der Waals surface area contributed by atoms with E-state index in [1.807, 2.05) is 24.3 Å². The first kappa shape index (κ1) is 20.6. The first-order chi connectivity index (χ1) is 13.6. The van der Waals surface area contributed by atoms with Crippen molar-refractivity contribution in [3.63, 3.8) is 0 Å². The minimum Gasteiger partial charge on any atom is -0.423 e. The molecule has 2 heteroatoms. The lowest BCUT2D eigenvalue weighted by atomic mass is 9.78. The largest absolute Gasteiger partial charge is 0.423 e. The molecule has 0 heterocycles. The smallest absolute Gasteiger partial charge is 0.343 e. The van der Waals surface area contributed by atoms with Crippen molar-refractivity contribution in [2.45, 2.75) is 71.6 Å². The highest BCUT2D eigenvalue weighted by Gasteiger charge is 2.21. The Bertz CT molecular complexity index is 737. The first-order valence-corrected chi connectivity index (χ1v) is 11.0. The van der Waals surface area contributed by atoms with Crippen LogP contribution in [0, 0.1) is 11.8 Å². The summed E-state index contributed by atoms with van der Waals surface area (Å²) < 4.78 is 5.56. The molecule has 2 aromatic rings. The zero-order chi connectivity index (χ0) is 19.9. The molecule has 1 fully saturated rings. The quantitative estimate of drug-likeness (QED) is 0.377. The fourth-order valence-electron chi connectivity index (χ4n) is 4.20. The van der Waals surface area contributed by atoms with E-state index >= 15 is 0 Å². The molecule has 1 saturated carbocycles. The third kappa shape index (κ3) is 5.47. The van der Waals surface area contributed by atoms with Gasteiger partial charge in [-0.25, -0.2) is 4.79 Å². The second kappa shape index (κ2) is 9.91. The van der Waals surface area contributed by atoms with E-state index in [2.05, 4.69) is 45.0 Å². The summed E-state index contributed by atoms with van der Waals surface area (Å²) in [6.07, 6.45) is 8.74.